The van der Waals surface area contributed by atoms with Crippen LogP contribution in [0, 0.1) is 11.7 Å². The zero-order valence-corrected chi connectivity index (χ0v) is 10.3. The second-order valence-electron chi connectivity index (χ2n) is 3.90. The molecule has 1 aromatic rings. The Bertz CT molecular complexity index is 390. The van der Waals surface area contributed by atoms with Crippen LogP contribution in [0.3, 0.4) is 0 Å². The molecule has 0 saturated carbocycles. The minimum atomic E-state index is -0.464. The first-order valence-electron chi connectivity index (χ1n) is 5.46. The molecule has 0 aliphatic rings. The molecule has 94 valence electrons. The summed E-state index contributed by atoms with van der Waals surface area (Å²) in [4.78, 5) is 12.0. The van der Waals surface area contributed by atoms with Gasteiger partial charge in [-0.2, -0.15) is 0 Å². The monoisotopic (exact) mass is 240 g/mol. The van der Waals surface area contributed by atoms with Crippen molar-refractivity contribution < 1.29 is 18.7 Å². The van der Waals surface area contributed by atoms with Gasteiger partial charge in [-0.3, -0.25) is 4.79 Å². The van der Waals surface area contributed by atoms with Gasteiger partial charge in [0.2, 0.25) is 0 Å². The summed E-state index contributed by atoms with van der Waals surface area (Å²) in [5, 5.41) is 0. The Hall–Kier alpha value is -1.42. The molecule has 0 aliphatic heterocycles. The summed E-state index contributed by atoms with van der Waals surface area (Å²) < 4.78 is 23.0. The third-order valence-electron chi connectivity index (χ3n) is 2.64. The number of hydrogen-bond donors (Lipinski definition) is 0. The van der Waals surface area contributed by atoms with E-state index in [2.05, 4.69) is 0 Å². The standard InChI is InChI=1S/C13H17FO3/c1-9(6-7-16-2)13(15)10-4-5-11(14)12(8-10)17-3/h4-5,8-9H,6-7H2,1-3H3. The van der Waals surface area contributed by atoms with Crippen molar-refractivity contribution in [2.24, 2.45) is 5.92 Å². The molecule has 3 nitrogen and oxygen atoms in total. The van der Waals surface area contributed by atoms with Crippen LogP contribution in [0.2, 0.25) is 0 Å². The van der Waals surface area contributed by atoms with E-state index in [0.29, 0.717) is 18.6 Å². The molecular weight excluding hydrogens is 223 g/mol. The molecule has 0 amide bonds. The van der Waals surface area contributed by atoms with Crippen LogP contribution in [0.1, 0.15) is 23.7 Å². The van der Waals surface area contributed by atoms with Gasteiger partial charge in [0.25, 0.3) is 0 Å². The van der Waals surface area contributed by atoms with Crippen LogP contribution in [0.5, 0.6) is 5.75 Å². The van der Waals surface area contributed by atoms with E-state index in [1.165, 1.54) is 25.3 Å². The fourth-order valence-electron chi connectivity index (χ4n) is 1.52. The lowest BCUT2D eigenvalue weighted by Gasteiger charge is -2.11. The predicted octanol–water partition coefficient (Wildman–Crippen LogP) is 2.69. The van der Waals surface area contributed by atoms with E-state index in [9.17, 15) is 9.18 Å². The number of halogens is 1. The van der Waals surface area contributed by atoms with Crippen molar-refractivity contribution >= 4 is 5.78 Å². The molecule has 0 saturated heterocycles. The van der Waals surface area contributed by atoms with Crippen molar-refractivity contribution in [3.05, 3.63) is 29.6 Å². The normalized spacial score (nSPS) is 12.2. The number of carbonyl (C=O) groups is 1. The van der Waals surface area contributed by atoms with Crippen molar-refractivity contribution in [2.45, 2.75) is 13.3 Å². The van der Waals surface area contributed by atoms with Gasteiger partial charge >= 0.3 is 0 Å². The Balaban J connectivity index is 2.81. The van der Waals surface area contributed by atoms with Gasteiger partial charge in [0.1, 0.15) is 0 Å². The molecule has 0 spiro atoms. The Labute approximate surface area is 101 Å². The largest absolute Gasteiger partial charge is 0.494 e. The van der Waals surface area contributed by atoms with Gasteiger partial charge in [0.15, 0.2) is 17.3 Å². The first-order valence-corrected chi connectivity index (χ1v) is 5.46. The van der Waals surface area contributed by atoms with E-state index in [1.807, 2.05) is 6.92 Å². The maximum absolute atomic E-state index is 13.2. The SMILES string of the molecule is COCCC(C)C(=O)c1ccc(F)c(OC)c1. The number of ether oxygens (including phenoxy) is 2. The number of ketones is 1. The van der Waals surface area contributed by atoms with E-state index in [1.54, 1.807) is 7.11 Å². The van der Waals surface area contributed by atoms with Crippen LogP contribution in [0.25, 0.3) is 0 Å². The maximum atomic E-state index is 13.2. The number of hydrogen-bond acceptors (Lipinski definition) is 3. The topological polar surface area (TPSA) is 35.5 Å². The second-order valence-corrected chi connectivity index (χ2v) is 3.90. The molecular formula is C13H17FO3. The Morgan fingerprint density at radius 3 is 2.71 bits per heavy atom. The summed E-state index contributed by atoms with van der Waals surface area (Å²) in [6.07, 6.45) is 0.648. The van der Waals surface area contributed by atoms with Crippen molar-refractivity contribution in [3.63, 3.8) is 0 Å². The van der Waals surface area contributed by atoms with E-state index >= 15 is 0 Å². The molecule has 0 N–H and O–H groups in total. The Morgan fingerprint density at radius 2 is 2.12 bits per heavy atom. The number of benzene rings is 1. The van der Waals surface area contributed by atoms with Crippen LogP contribution in [-0.2, 0) is 4.74 Å². The molecule has 0 aromatic heterocycles. The van der Waals surface area contributed by atoms with Crippen LogP contribution in [-0.4, -0.2) is 26.6 Å². The van der Waals surface area contributed by atoms with Crippen molar-refractivity contribution in [1.82, 2.24) is 0 Å². The van der Waals surface area contributed by atoms with Gasteiger partial charge in [0.05, 0.1) is 7.11 Å². The molecule has 0 aliphatic carbocycles. The summed E-state index contributed by atoms with van der Waals surface area (Å²) in [5.74, 6) is -0.547. The fraction of sp³-hybridized carbons (Fsp3) is 0.462. The lowest BCUT2D eigenvalue weighted by molar-refractivity contribution is 0.0893. The average molecular weight is 240 g/mol. The van der Waals surface area contributed by atoms with Crippen LogP contribution in [0.15, 0.2) is 18.2 Å². The minimum absolute atomic E-state index is 0.0275. The van der Waals surface area contributed by atoms with Crippen LogP contribution >= 0.6 is 0 Å². The van der Waals surface area contributed by atoms with Gasteiger partial charge in [-0.25, -0.2) is 4.39 Å². The minimum Gasteiger partial charge on any atom is -0.494 e. The van der Waals surface area contributed by atoms with E-state index in [-0.39, 0.29) is 17.5 Å². The summed E-state index contributed by atoms with van der Waals surface area (Å²) in [5.41, 5.74) is 0.465. The number of carbonyl (C=O) groups excluding carboxylic acids is 1. The van der Waals surface area contributed by atoms with E-state index < -0.39 is 5.82 Å². The molecule has 1 aromatic carbocycles. The summed E-state index contributed by atoms with van der Waals surface area (Å²) >= 11 is 0. The lowest BCUT2D eigenvalue weighted by Crippen LogP contribution is -2.13. The fourth-order valence-corrected chi connectivity index (χ4v) is 1.52. The summed E-state index contributed by atoms with van der Waals surface area (Å²) in [6, 6.07) is 4.15. The van der Waals surface area contributed by atoms with Gasteiger partial charge in [-0.05, 0) is 24.6 Å². The first kappa shape index (κ1) is 13.6. The van der Waals surface area contributed by atoms with Crippen molar-refractivity contribution in [3.8, 4) is 5.75 Å². The van der Waals surface area contributed by atoms with Gasteiger partial charge in [-0.15, -0.1) is 0 Å². The maximum Gasteiger partial charge on any atom is 0.165 e. The molecule has 17 heavy (non-hydrogen) atoms. The molecule has 1 rings (SSSR count). The molecule has 1 atom stereocenters. The molecule has 0 fully saturated rings. The summed E-state index contributed by atoms with van der Waals surface area (Å²) in [7, 11) is 2.97. The zero-order valence-electron chi connectivity index (χ0n) is 10.3. The van der Waals surface area contributed by atoms with Gasteiger partial charge < -0.3 is 9.47 Å². The average Bonchev–Trinajstić information content (AvgIpc) is 2.35. The van der Waals surface area contributed by atoms with Crippen LogP contribution < -0.4 is 4.74 Å². The smallest absolute Gasteiger partial charge is 0.165 e. The van der Waals surface area contributed by atoms with E-state index in [4.69, 9.17) is 9.47 Å². The predicted molar refractivity (Wildman–Crippen MR) is 62.9 cm³/mol. The molecule has 4 heteroatoms. The highest BCUT2D eigenvalue weighted by molar-refractivity contribution is 5.97. The quantitative estimate of drug-likeness (QED) is 0.717. The third-order valence-corrected chi connectivity index (χ3v) is 2.64. The highest BCUT2D eigenvalue weighted by Gasteiger charge is 2.16. The van der Waals surface area contributed by atoms with Gasteiger partial charge in [0, 0.05) is 25.2 Å². The highest BCUT2D eigenvalue weighted by atomic mass is 19.1. The third kappa shape index (κ3) is 3.53. The number of Topliss-reactive ketones (excluding diaryl/α,β-unsaturated/α-hetero) is 1. The molecule has 0 radical (unpaired) electrons. The van der Waals surface area contributed by atoms with Crippen LogP contribution in [0.4, 0.5) is 4.39 Å². The van der Waals surface area contributed by atoms with Crippen molar-refractivity contribution in [2.75, 3.05) is 20.8 Å². The second kappa shape index (κ2) is 6.35. The number of methoxy groups -OCH3 is 2. The Kier molecular flexibility index (Phi) is 5.10. The zero-order chi connectivity index (χ0) is 12.8. The number of rotatable bonds is 6. The van der Waals surface area contributed by atoms with Crippen molar-refractivity contribution in [1.29, 1.82) is 0 Å². The molecule has 1 unspecified atom stereocenters. The molecule has 0 bridgehead atoms. The summed E-state index contributed by atoms with van der Waals surface area (Å²) in [6.45, 7) is 2.36. The lowest BCUT2D eigenvalue weighted by atomic mass is 9.96. The van der Waals surface area contributed by atoms with Gasteiger partial charge in [-0.1, -0.05) is 6.92 Å². The first-order chi connectivity index (χ1) is 8.10. The van der Waals surface area contributed by atoms with E-state index in [0.717, 1.165) is 0 Å². The highest BCUT2D eigenvalue weighted by Crippen LogP contribution is 2.21. The molecule has 0 heterocycles. The Morgan fingerprint density at radius 1 is 1.41 bits per heavy atom.